The van der Waals surface area contributed by atoms with Crippen LogP contribution in [0.25, 0.3) is 16.8 Å². The highest BCUT2D eigenvalue weighted by Gasteiger charge is 2.36. The van der Waals surface area contributed by atoms with Crippen LogP contribution in [0.15, 0.2) is 80.1 Å². The van der Waals surface area contributed by atoms with Gasteiger partial charge in [0.15, 0.2) is 11.4 Å². The van der Waals surface area contributed by atoms with Gasteiger partial charge in [-0.2, -0.15) is 0 Å². The highest BCUT2D eigenvalue weighted by atomic mass is 79.9. The summed E-state index contributed by atoms with van der Waals surface area (Å²) in [6, 6.07) is 15.7. The summed E-state index contributed by atoms with van der Waals surface area (Å²) >= 11 is 4.61. The summed E-state index contributed by atoms with van der Waals surface area (Å²) in [6.07, 6.45) is 1.72. The van der Waals surface area contributed by atoms with Crippen LogP contribution in [0.5, 0.6) is 11.5 Å². The summed E-state index contributed by atoms with van der Waals surface area (Å²) in [6.45, 7) is 3.16. The van der Waals surface area contributed by atoms with Crippen molar-refractivity contribution in [1.82, 2.24) is 4.57 Å². The molecule has 0 unspecified atom stereocenters. The number of nitrogens with zero attached hydrogens (tertiary/aromatic N) is 2. The van der Waals surface area contributed by atoms with Gasteiger partial charge in [0.05, 0.1) is 34.0 Å². The third-order valence-corrected chi connectivity index (χ3v) is 8.15. The summed E-state index contributed by atoms with van der Waals surface area (Å²) in [5.74, 6) is -0.745. The lowest BCUT2D eigenvalue weighted by Crippen LogP contribution is -2.40. The van der Waals surface area contributed by atoms with Crippen LogP contribution in [-0.2, 0) is 14.3 Å². The van der Waals surface area contributed by atoms with E-state index in [9.17, 15) is 14.4 Å². The third kappa shape index (κ3) is 5.42. The van der Waals surface area contributed by atoms with E-state index in [0.29, 0.717) is 42.1 Å². The SMILES string of the molecule is CCOC(=O)C1=C(C)N=c2s/c(=C/c3ccc(OCC(=O)O)c(Br)c3)c(=O)n2[C@@H]1c1c(OC)ccc2ccccc12. The Morgan fingerprint density at radius 1 is 1.15 bits per heavy atom. The molecule has 0 radical (unpaired) electrons. The van der Waals surface area contributed by atoms with Gasteiger partial charge in [0.2, 0.25) is 0 Å². The van der Waals surface area contributed by atoms with Crippen LogP contribution < -0.4 is 24.4 Å². The average Bonchev–Trinajstić information content (AvgIpc) is 3.25. The van der Waals surface area contributed by atoms with Crippen molar-refractivity contribution in [3.05, 3.63) is 101 Å². The van der Waals surface area contributed by atoms with Gasteiger partial charge in [-0.05, 0) is 70.4 Å². The van der Waals surface area contributed by atoms with Crippen molar-refractivity contribution >= 4 is 56.1 Å². The molecular formula is C30H25BrN2O7S. The van der Waals surface area contributed by atoms with Gasteiger partial charge in [0.1, 0.15) is 17.5 Å². The Kier molecular flexibility index (Phi) is 8.09. The molecule has 3 aromatic carbocycles. The van der Waals surface area contributed by atoms with Crippen LogP contribution in [0.3, 0.4) is 0 Å². The summed E-state index contributed by atoms with van der Waals surface area (Å²) < 4.78 is 18.9. The lowest BCUT2D eigenvalue weighted by Gasteiger charge is -2.27. The molecule has 210 valence electrons. The van der Waals surface area contributed by atoms with Gasteiger partial charge in [0.25, 0.3) is 5.56 Å². The second-order valence-electron chi connectivity index (χ2n) is 9.08. The monoisotopic (exact) mass is 636 g/mol. The minimum atomic E-state index is -1.09. The predicted octanol–water partition coefficient (Wildman–Crippen LogP) is 4.19. The quantitative estimate of drug-likeness (QED) is 0.288. The highest BCUT2D eigenvalue weighted by Crippen LogP contribution is 2.40. The molecule has 0 saturated heterocycles. The standard InChI is InChI=1S/C30H25BrN2O7S/c1-4-39-29(37)25-16(2)32-30-33(27(25)26-19-8-6-5-7-18(19)10-12-22(26)38-3)28(36)23(41-30)14-17-9-11-21(20(31)13-17)40-15-24(34)35/h5-14,27H,4,15H2,1-3H3,(H,34,35)/b23-14+/t27-/m0/s1. The summed E-state index contributed by atoms with van der Waals surface area (Å²) in [7, 11) is 1.56. The van der Waals surface area contributed by atoms with Crippen LogP contribution in [0.2, 0.25) is 0 Å². The van der Waals surface area contributed by atoms with Gasteiger partial charge >= 0.3 is 11.9 Å². The number of allylic oxidation sites excluding steroid dienone is 1. The molecule has 4 aromatic rings. The van der Waals surface area contributed by atoms with Crippen molar-refractivity contribution in [3.63, 3.8) is 0 Å². The Morgan fingerprint density at radius 2 is 1.90 bits per heavy atom. The van der Waals surface area contributed by atoms with Crippen LogP contribution in [0.1, 0.15) is 31.0 Å². The predicted molar refractivity (Wildman–Crippen MR) is 158 cm³/mol. The fraction of sp³-hybridized carbons (Fsp3) is 0.200. The molecule has 0 bridgehead atoms. The first-order valence-corrected chi connectivity index (χ1v) is 14.2. The van der Waals surface area contributed by atoms with E-state index in [-0.39, 0.29) is 17.7 Å². The maximum atomic E-state index is 14.1. The Labute approximate surface area is 246 Å². The number of methoxy groups -OCH3 is 1. The van der Waals surface area contributed by atoms with Crippen molar-refractivity contribution in [2.45, 2.75) is 19.9 Å². The number of carboxylic acid groups (broad SMARTS) is 1. The maximum Gasteiger partial charge on any atom is 0.341 e. The summed E-state index contributed by atoms with van der Waals surface area (Å²) in [5, 5.41) is 10.7. The first kappa shape index (κ1) is 28.3. The third-order valence-electron chi connectivity index (χ3n) is 6.55. The molecule has 1 N–H and O–H groups in total. The number of carboxylic acids is 1. The maximum absolute atomic E-state index is 14.1. The van der Waals surface area contributed by atoms with E-state index in [1.165, 1.54) is 15.9 Å². The van der Waals surface area contributed by atoms with Crippen molar-refractivity contribution in [1.29, 1.82) is 0 Å². The number of hydrogen-bond donors (Lipinski definition) is 1. The molecule has 0 fully saturated rings. The average molecular weight is 638 g/mol. The molecule has 11 heteroatoms. The molecule has 41 heavy (non-hydrogen) atoms. The van der Waals surface area contributed by atoms with Gasteiger partial charge in [-0.15, -0.1) is 0 Å². The number of fused-ring (bicyclic) bond motifs is 2. The Hall–Kier alpha value is -4.22. The number of thiazole rings is 1. The lowest BCUT2D eigenvalue weighted by atomic mass is 9.90. The molecular weight excluding hydrogens is 612 g/mol. The molecule has 1 aliphatic rings. The number of aliphatic carboxylic acids is 1. The zero-order valence-corrected chi connectivity index (χ0v) is 24.7. The van der Waals surface area contributed by atoms with Gasteiger partial charge in [-0.1, -0.05) is 47.7 Å². The fourth-order valence-electron chi connectivity index (χ4n) is 4.82. The van der Waals surface area contributed by atoms with Gasteiger partial charge < -0.3 is 19.3 Å². The van der Waals surface area contributed by atoms with E-state index in [1.54, 1.807) is 45.2 Å². The molecule has 2 heterocycles. The first-order valence-electron chi connectivity index (χ1n) is 12.6. The van der Waals surface area contributed by atoms with Crippen LogP contribution >= 0.6 is 27.3 Å². The molecule has 9 nitrogen and oxygen atoms in total. The van der Waals surface area contributed by atoms with Crippen molar-refractivity contribution < 1.29 is 28.9 Å². The second-order valence-corrected chi connectivity index (χ2v) is 10.9. The van der Waals surface area contributed by atoms with Gasteiger partial charge in [-0.25, -0.2) is 14.6 Å². The molecule has 0 saturated carbocycles. The number of aromatic nitrogens is 1. The number of carbonyl (C=O) groups is 2. The van der Waals surface area contributed by atoms with E-state index >= 15 is 0 Å². The summed E-state index contributed by atoms with van der Waals surface area (Å²) in [4.78, 5) is 43.4. The van der Waals surface area contributed by atoms with Gasteiger partial charge in [0, 0.05) is 5.56 Å². The number of benzene rings is 3. The van der Waals surface area contributed by atoms with Crippen LogP contribution in [0.4, 0.5) is 0 Å². The number of ether oxygens (including phenoxy) is 3. The normalized spacial score (nSPS) is 14.9. The number of carbonyl (C=O) groups excluding carboxylic acids is 1. The topological polar surface area (TPSA) is 116 Å². The summed E-state index contributed by atoms with van der Waals surface area (Å²) in [5.41, 5.74) is 1.75. The lowest BCUT2D eigenvalue weighted by molar-refractivity contribution is -0.140. The Bertz CT molecular complexity index is 1910. The van der Waals surface area contributed by atoms with E-state index in [2.05, 4.69) is 20.9 Å². The van der Waals surface area contributed by atoms with E-state index in [1.807, 2.05) is 36.4 Å². The Balaban J connectivity index is 1.73. The molecule has 0 spiro atoms. The molecule has 0 amide bonds. The minimum Gasteiger partial charge on any atom is -0.496 e. The minimum absolute atomic E-state index is 0.167. The highest BCUT2D eigenvalue weighted by molar-refractivity contribution is 9.10. The van der Waals surface area contributed by atoms with Crippen molar-refractivity contribution in [3.8, 4) is 11.5 Å². The number of halogens is 1. The largest absolute Gasteiger partial charge is 0.496 e. The first-order chi connectivity index (χ1) is 19.7. The van der Waals surface area contributed by atoms with E-state index in [0.717, 1.165) is 10.8 Å². The molecule has 1 atom stereocenters. The van der Waals surface area contributed by atoms with E-state index < -0.39 is 24.6 Å². The Morgan fingerprint density at radius 3 is 2.61 bits per heavy atom. The van der Waals surface area contributed by atoms with Crippen molar-refractivity contribution in [2.24, 2.45) is 4.99 Å². The number of esters is 1. The van der Waals surface area contributed by atoms with E-state index in [4.69, 9.17) is 19.3 Å². The second kappa shape index (κ2) is 11.7. The molecule has 1 aromatic heterocycles. The number of rotatable bonds is 8. The van der Waals surface area contributed by atoms with Crippen molar-refractivity contribution in [2.75, 3.05) is 20.3 Å². The zero-order valence-electron chi connectivity index (χ0n) is 22.3. The van der Waals surface area contributed by atoms with Gasteiger partial charge in [-0.3, -0.25) is 9.36 Å². The van der Waals surface area contributed by atoms with Crippen LogP contribution in [0, 0.1) is 0 Å². The molecule has 5 rings (SSSR count). The zero-order chi connectivity index (χ0) is 29.3. The molecule has 1 aliphatic heterocycles. The van der Waals surface area contributed by atoms with Crippen LogP contribution in [-0.4, -0.2) is 41.9 Å². The fourth-order valence-corrected chi connectivity index (χ4v) is 6.37. The smallest absolute Gasteiger partial charge is 0.341 e. The number of hydrogen-bond acceptors (Lipinski definition) is 8. The molecule has 0 aliphatic carbocycles.